The Hall–Kier alpha value is -3.31. The summed E-state index contributed by atoms with van der Waals surface area (Å²) in [5.41, 5.74) is 2.13. The number of rotatable bonds is 5. The highest BCUT2D eigenvalue weighted by molar-refractivity contribution is 6.31. The Labute approximate surface area is 165 Å². The van der Waals surface area contributed by atoms with Crippen molar-refractivity contribution in [2.24, 2.45) is 0 Å². The number of hydrogen-bond acceptors (Lipinski definition) is 3. The van der Waals surface area contributed by atoms with Crippen LogP contribution in [-0.2, 0) is 6.54 Å². The predicted octanol–water partition coefficient (Wildman–Crippen LogP) is 6.09. The third kappa shape index (κ3) is 3.70. The second kappa shape index (κ2) is 7.74. The van der Waals surface area contributed by atoms with Crippen LogP contribution in [0, 0.1) is 5.82 Å². The van der Waals surface area contributed by atoms with Gasteiger partial charge in [0.2, 0.25) is 5.76 Å². The summed E-state index contributed by atoms with van der Waals surface area (Å²) in [6, 6.07) is 20.6. The van der Waals surface area contributed by atoms with E-state index in [1.54, 1.807) is 48.5 Å². The topological polar surface area (TPSA) is 54.3 Å². The normalized spacial score (nSPS) is 10.8. The molecule has 0 spiro atoms. The van der Waals surface area contributed by atoms with E-state index in [2.05, 4.69) is 10.6 Å². The molecule has 4 aromatic rings. The van der Waals surface area contributed by atoms with E-state index in [4.69, 9.17) is 16.0 Å². The van der Waals surface area contributed by atoms with Crippen molar-refractivity contribution < 1.29 is 13.6 Å². The number of carbonyl (C=O) groups is 1. The van der Waals surface area contributed by atoms with Crippen LogP contribution in [0.15, 0.2) is 77.2 Å². The Morgan fingerprint density at radius 1 is 1.00 bits per heavy atom. The monoisotopic (exact) mass is 394 g/mol. The number of benzene rings is 3. The number of halogens is 2. The zero-order chi connectivity index (χ0) is 19.5. The second-order valence-corrected chi connectivity index (χ2v) is 6.65. The predicted molar refractivity (Wildman–Crippen MR) is 109 cm³/mol. The summed E-state index contributed by atoms with van der Waals surface area (Å²) < 4.78 is 19.7. The van der Waals surface area contributed by atoms with Gasteiger partial charge in [-0.3, -0.25) is 4.79 Å². The van der Waals surface area contributed by atoms with Crippen molar-refractivity contribution >= 4 is 39.9 Å². The van der Waals surface area contributed by atoms with Crippen molar-refractivity contribution in [1.82, 2.24) is 0 Å². The van der Waals surface area contributed by atoms with Gasteiger partial charge >= 0.3 is 0 Å². The number of hydrogen-bond donors (Lipinski definition) is 2. The Morgan fingerprint density at radius 2 is 1.79 bits per heavy atom. The van der Waals surface area contributed by atoms with Crippen LogP contribution in [0.2, 0.25) is 5.02 Å². The number of nitrogens with one attached hydrogen (secondary N) is 2. The largest absolute Gasteiger partial charge is 0.449 e. The van der Waals surface area contributed by atoms with Crippen LogP contribution in [0.4, 0.5) is 15.8 Å². The molecule has 0 saturated carbocycles. The Bertz CT molecular complexity index is 1160. The average Bonchev–Trinajstić information content (AvgIpc) is 3.06. The highest BCUT2D eigenvalue weighted by Crippen LogP contribution is 2.32. The van der Waals surface area contributed by atoms with Gasteiger partial charge in [0, 0.05) is 28.2 Å². The Balaban J connectivity index is 1.66. The van der Waals surface area contributed by atoms with Gasteiger partial charge in [0.05, 0.1) is 5.69 Å². The molecule has 0 saturated heterocycles. The summed E-state index contributed by atoms with van der Waals surface area (Å²) in [6.07, 6.45) is 0. The molecule has 0 bridgehead atoms. The zero-order valence-electron chi connectivity index (χ0n) is 14.7. The molecule has 0 radical (unpaired) electrons. The van der Waals surface area contributed by atoms with Crippen LogP contribution in [0.1, 0.15) is 16.1 Å². The Morgan fingerprint density at radius 3 is 2.61 bits per heavy atom. The lowest BCUT2D eigenvalue weighted by Crippen LogP contribution is -2.13. The standard InChI is InChI=1S/C22H16ClFN2O2/c23-15-7-5-8-16(12-15)26-22(27)21-20(17-9-2-4-11-19(17)28-21)25-13-14-6-1-3-10-18(14)24/h1-12,25H,13H2,(H,26,27). The molecule has 4 rings (SSSR count). The fourth-order valence-corrected chi connectivity index (χ4v) is 3.15. The van der Waals surface area contributed by atoms with E-state index < -0.39 is 5.91 Å². The molecule has 6 heteroatoms. The van der Waals surface area contributed by atoms with Crippen LogP contribution in [0.25, 0.3) is 11.0 Å². The van der Waals surface area contributed by atoms with Gasteiger partial charge in [-0.05, 0) is 36.4 Å². The van der Waals surface area contributed by atoms with Crippen molar-refractivity contribution in [2.45, 2.75) is 6.54 Å². The summed E-state index contributed by atoms with van der Waals surface area (Å²) in [5.74, 6) is -0.611. The van der Waals surface area contributed by atoms with Crippen LogP contribution in [-0.4, -0.2) is 5.91 Å². The number of amides is 1. The lowest BCUT2D eigenvalue weighted by atomic mass is 10.1. The SMILES string of the molecule is O=C(Nc1cccc(Cl)c1)c1oc2ccccc2c1NCc1ccccc1F. The molecule has 0 aliphatic rings. The molecule has 0 atom stereocenters. The third-order valence-electron chi connectivity index (χ3n) is 4.30. The van der Waals surface area contributed by atoms with Crippen molar-refractivity contribution in [3.05, 3.63) is 95.0 Å². The van der Waals surface area contributed by atoms with Crippen molar-refractivity contribution in [2.75, 3.05) is 10.6 Å². The maximum atomic E-state index is 14.0. The van der Waals surface area contributed by atoms with Crippen LogP contribution in [0.3, 0.4) is 0 Å². The van der Waals surface area contributed by atoms with Gasteiger partial charge in [-0.15, -0.1) is 0 Å². The van der Waals surface area contributed by atoms with Gasteiger partial charge in [-0.1, -0.05) is 48.0 Å². The van der Waals surface area contributed by atoms with E-state index in [-0.39, 0.29) is 18.1 Å². The van der Waals surface area contributed by atoms with Crippen LogP contribution < -0.4 is 10.6 Å². The van der Waals surface area contributed by atoms with Gasteiger partial charge in [-0.2, -0.15) is 0 Å². The van der Waals surface area contributed by atoms with E-state index >= 15 is 0 Å². The fraction of sp³-hybridized carbons (Fsp3) is 0.0455. The average molecular weight is 395 g/mol. The minimum absolute atomic E-state index is 0.123. The van der Waals surface area contributed by atoms with Gasteiger partial charge in [-0.25, -0.2) is 4.39 Å². The van der Waals surface area contributed by atoms with Gasteiger partial charge in [0.15, 0.2) is 0 Å². The minimum Gasteiger partial charge on any atom is -0.449 e. The molecule has 1 aromatic heterocycles. The molecule has 0 unspecified atom stereocenters. The van der Waals surface area contributed by atoms with Gasteiger partial charge in [0.25, 0.3) is 5.91 Å². The van der Waals surface area contributed by atoms with Crippen LogP contribution >= 0.6 is 11.6 Å². The van der Waals surface area contributed by atoms with Gasteiger partial charge in [0.1, 0.15) is 11.4 Å². The second-order valence-electron chi connectivity index (χ2n) is 6.21. The first-order chi connectivity index (χ1) is 13.6. The molecule has 3 aromatic carbocycles. The van der Waals surface area contributed by atoms with Crippen molar-refractivity contribution in [1.29, 1.82) is 0 Å². The highest BCUT2D eigenvalue weighted by atomic mass is 35.5. The number of carbonyl (C=O) groups excluding carboxylic acids is 1. The summed E-state index contributed by atoms with van der Waals surface area (Å²) in [7, 11) is 0. The highest BCUT2D eigenvalue weighted by Gasteiger charge is 2.21. The zero-order valence-corrected chi connectivity index (χ0v) is 15.5. The molecule has 0 aliphatic carbocycles. The molecule has 0 aliphatic heterocycles. The van der Waals surface area contributed by atoms with Crippen molar-refractivity contribution in [3.8, 4) is 0 Å². The molecule has 140 valence electrons. The molecule has 0 fully saturated rings. The lowest BCUT2D eigenvalue weighted by Gasteiger charge is -2.09. The summed E-state index contributed by atoms with van der Waals surface area (Å²) in [5, 5.41) is 7.19. The molecule has 28 heavy (non-hydrogen) atoms. The minimum atomic E-state index is -0.422. The van der Waals surface area contributed by atoms with Crippen molar-refractivity contribution in [3.63, 3.8) is 0 Å². The maximum absolute atomic E-state index is 14.0. The Kier molecular flexibility index (Phi) is 5.00. The molecule has 2 N–H and O–H groups in total. The molecule has 4 nitrogen and oxygen atoms in total. The number of furan rings is 1. The molecule has 1 amide bonds. The van der Waals surface area contributed by atoms with E-state index in [0.717, 1.165) is 5.39 Å². The number of para-hydroxylation sites is 1. The van der Waals surface area contributed by atoms with Gasteiger partial charge < -0.3 is 15.1 Å². The third-order valence-corrected chi connectivity index (χ3v) is 4.53. The summed E-state index contributed by atoms with van der Waals surface area (Å²) in [6.45, 7) is 0.216. The first-order valence-corrected chi connectivity index (χ1v) is 9.05. The van der Waals surface area contributed by atoms with Crippen LogP contribution in [0.5, 0.6) is 0 Å². The first kappa shape index (κ1) is 18.1. The van der Waals surface area contributed by atoms with E-state index in [9.17, 15) is 9.18 Å². The molecule has 1 heterocycles. The maximum Gasteiger partial charge on any atom is 0.293 e. The fourth-order valence-electron chi connectivity index (χ4n) is 2.96. The number of anilines is 2. The quantitative estimate of drug-likeness (QED) is 0.430. The van der Waals surface area contributed by atoms with E-state index in [0.29, 0.717) is 27.5 Å². The lowest BCUT2D eigenvalue weighted by molar-refractivity contribution is 0.0999. The molecular weight excluding hydrogens is 379 g/mol. The summed E-state index contributed by atoms with van der Waals surface area (Å²) in [4.78, 5) is 12.8. The van der Waals surface area contributed by atoms with E-state index in [1.165, 1.54) is 6.07 Å². The summed E-state index contributed by atoms with van der Waals surface area (Å²) >= 11 is 5.98. The number of fused-ring (bicyclic) bond motifs is 1. The molecular formula is C22H16ClFN2O2. The smallest absolute Gasteiger partial charge is 0.293 e. The van der Waals surface area contributed by atoms with E-state index in [1.807, 2.05) is 18.2 Å². The first-order valence-electron chi connectivity index (χ1n) is 8.67.